The number of carbonyl (C=O) groups is 2. The second-order valence-electron chi connectivity index (χ2n) is 4.51. The lowest BCUT2D eigenvalue weighted by atomic mass is 9.94. The molecule has 0 N–H and O–H groups in total. The molecule has 0 fully saturated rings. The summed E-state index contributed by atoms with van der Waals surface area (Å²) in [6.07, 6.45) is 3.61. The second kappa shape index (κ2) is 5.74. The summed E-state index contributed by atoms with van der Waals surface area (Å²) >= 11 is 0. The van der Waals surface area contributed by atoms with Crippen molar-refractivity contribution in [2.75, 3.05) is 18.6 Å². The summed E-state index contributed by atoms with van der Waals surface area (Å²) in [4.78, 5) is 25.8. The molecule has 0 aliphatic carbocycles. The van der Waals surface area contributed by atoms with Crippen LogP contribution in [0.25, 0.3) is 5.57 Å². The molecular formula is C16H17NO3. The average molecular weight is 271 g/mol. The van der Waals surface area contributed by atoms with Crippen LogP contribution < -0.4 is 4.90 Å². The molecule has 1 aliphatic heterocycles. The van der Waals surface area contributed by atoms with Crippen molar-refractivity contribution >= 4 is 23.0 Å². The number of Topliss-reactive ketones (excluding diaryl/α,β-unsaturated/α-hetero) is 1. The van der Waals surface area contributed by atoms with Gasteiger partial charge in [-0.3, -0.25) is 4.79 Å². The van der Waals surface area contributed by atoms with Crippen LogP contribution in [0.4, 0.5) is 5.69 Å². The van der Waals surface area contributed by atoms with Crippen LogP contribution in [0.3, 0.4) is 0 Å². The molecule has 4 nitrogen and oxygen atoms in total. The third kappa shape index (κ3) is 2.50. The minimum Gasteiger partial charge on any atom is -0.462 e. The third-order valence-corrected chi connectivity index (χ3v) is 3.14. The Morgan fingerprint density at radius 1 is 1.25 bits per heavy atom. The van der Waals surface area contributed by atoms with Gasteiger partial charge in [0, 0.05) is 30.1 Å². The highest BCUT2D eigenvalue weighted by molar-refractivity contribution is 6.23. The van der Waals surface area contributed by atoms with Gasteiger partial charge in [0.25, 0.3) is 0 Å². The largest absolute Gasteiger partial charge is 0.462 e. The molecule has 0 radical (unpaired) electrons. The predicted octanol–water partition coefficient (Wildman–Crippen LogP) is 2.56. The number of nitrogens with zero attached hydrogens (tertiary/aromatic N) is 1. The number of allylic oxidation sites excluding steroid dienone is 2. The monoisotopic (exact) mass is 271 g/mol. The molecule has 0 atom stereocenters. The van der Waals surface area contributed by atoms with Gasteiger partial charge >= 0.3 is 5.97 Å². The number of hydrogen-bond acceptors (Lipinski definition) is 4. The second-order valence-corrected chi connectivity index (χ2v) is 4.51. The maximum atomic E-state index is 12.0. The Morgan fingerprint density at radius 3 is 2.60 bits per heavy atom. The molecule has 0 unspecified atom stereocenters. The topological polar surface area (TPSA) is 46.6 Å². The van der Waals surface area contributed by atoms with Gasteiger partial charge in [-0.25, -0.2) is 4.79 Å². The quantitative estimate of drug-likeness (QED) is 0.367. The van der Waals surface area contributed by atoms with Crippen molar-refractivity contribution in [2.45, 2.75) is 13.8 Å². The number of rotatable bonds is 3. The Balaban J connectivity index is 2.64. The van der Waals surface area contributed by atoms with E-state index in [2.05, 4.69) is 0 Å². The predicted molar refractivity (Wildman–Crippen MR) is 78.2 cm³/mol. The minimum absolute atomic E-state index is 0.101. The number of ether oxygens (including phenoxy) is 1. The van der Waals surface area contributed by atoms with E-state index in [1.807, 2.05) is 42.4 Å². The number of ketones is 1. The van der Waals surface area contributed by atoms with Crippen LogP contribution in [0.2, 0.25) is 0 Å². The molecule has 4 heteroatoms. The van der Waals surface area contributed by atoms with Crippen LogP contribution in [0.5, 0.6) is 0 Å². The Labute approximate surface area is 118 Å². The summed E-state index contributed by atoms with van der Waals surface area (Å²) in [6.45, 7) is 3.35. The first-order valence-corrected chi connectivity index (χ1v) is 6.49. The molecule has 1 aliphatic rings. The van der Waals surface area contributed by atoms with Gasteiger partial charge in [-0.05, 0) is 26.0 Å². The lowest BCUT2D eigenvalue weighted by Gasteiger charge is -2.24. The molecule has 0 saturated heterocycles. The van der Waals surface area contributed by atoms with Gasteiger partial charge in [-0.1, -0.05) is 18.2 Å². The Kier molecular flexibility index (Phi) is 4.03. The maximum absolute atomic E-state index is 12.0. The zero-order valence-electron chi connectivity index (χ0n) is 11.8. The summed E-state index contributed by atoms with van der Waals surface area (Å²) in [6, 6.07) is 7.65. The lowest BCUT2D eigenvalue weighted by Crippen LogP contribution is -2.19. The van der Waals surface area contributed by atoms with Crippen LogP contribution >= 0.6 is 0 Å². The van der Waals surface area contributed by atoms with Crippen LogP contribution in [0, 0.1) is 0 Å². The zero-order valence-corrected chi connectivity index (χ0v) is 11.8. The van der Waals surface area contributed by atoms with E-state index in [4.69, 9.17) is 4.74 Å². The molecule has 0 saturated carbocycles. The SMILES string of the molecule is CCOC(=O)C(C(C)=O)=C1C=CN(C)c2ccccc21. The summed E-state index contributed by atoms with van der Waals surface area (Å²) in [5.74, 6) is -0.860. The number of benzene rings is 1. The lowest BCUT2D eigenvalue weighted by molar-refractivity contribution is -0.139. The van der Waals surface area contributed by atoms with Crippen LogP contribution in [-0.2, 0) is 14.3 Å². The van der Waals surface area contributed by atoms with Crippen molar-refractivity contribution in [1.29, 1.82) is 0 Å². The minimum atomic E-state index is -0.570. The number of hydrogen-bond donors (Lipinski definition) is 0. The van der Waals surface area contributed by atoms with E-state index in [0.717, 1.165) is 11.3 Å². The fourth-order valence-corrected chi connectivity index (χ4v) is 2.23. The van der Waals surface area contributed by atoms with Crippen molar-refractivity contribution < 1.29 is 14.3 Å². The van der Waals surface area contributed by atoms with Crippen molar-refractivity contribution in [3.05, 3.63) is 47.7 Å². The van der Waals surface area contributed by atoms with Crippen LogP contribution in [0.15, 0.2) is 42.1 Å². The van der Waals surface area contributed by atoms with Gasteiger partial charge in [0.1, 0.15) is 5.57 Å². The van der Waals surface area contributed by atoms with Crippen molar-refractivity contribution in [3.63, 3.8) is 0 Å². The number of anilines is 1. The molecular weight excluding hydrogens is 254 g/mol. The summed E-state index contributed by atoms with van der Waals surface area (Å²) in [7, 11) is 1.92. The van der Waals surface area contributed by atoms with Gasteiger partial charge in [0.2, 0.25) is 0 Å². The van der Waals surface area contributed by atoms with E-state index in [0.29, 0.717) is 5.57 Å². The first kappa shape index (κ1) is 14.1. The number of carbonyl (C=O) groups excluding carboxylic acids is 2. The van der Waals surface area contributed by atoms with Gasteiger partial charge in [-0.2, -0.15) is 0 Å². The molecule has 2 rings (SSSR count). The maximum Gasteiger partial charge on any atom is 0.342 e. The van der Waals surface area contributed by atoms with E-state index in [-0.39, 0.29) is 18.0 Å². The van der Waals surface area contributed by atoms with E-state index >= 15 is 0 Å². The highest BCUT2D eigenvalue weighted by atomic mass is 16.5. The van der Waals surface area contributed by atoms with E-state index < -0.39 is 5.97 Å². The molecule has 0 aromatic heterocycles. The first-order chi connectivity index (χ1) is 9.56. The van der Waals surface area contributed by atoms with Crippen molar-refractivity contribution in [1.82, 2.24) is 0 Å². The number of para-hydroxylation sites is 1. The Hall–Kier alpha value is -2.36. The molecule has 0 spiro atoms. The van der Waals surface area contributed by atoms with E-state index in [1.54, 1.807) is 13.0 Å². The third-order valence-electron chi connectivity index (χ3n) is 3.14. The van der Waals surface area contributed by atoms with Gasteiger partial charge in [0.15, 0.2) is 5.78 Å². The van der Waals surface area contributed by atoms with Crippen LogP contribution in [0.1, 0.15) is 19.4 Å². The Morgan fingerprint density at radius 2 is 1.95 bits per heavy atom. The molecule has 20 heavy (non-hydrogen) atoms. The summed E-state index contributed by atoms with van der Waals surface area (Å²) in [5, 5.41) is 0. The number of fused-ring (bicyclic) bond motifs is 1. The Bertz CT molecular complexity index is 614. The molecule has 0 bridgehead atoms. The highest BCUT2D eigenvalue weighted by Crippen LogP contribution is 2.34. The van der Waals surface area contributed by atoms with E-state index in [1.165, 1.54) is 6.92 Å². The molecule has 1 heterocycles. The standard InChI is InChI=1S/C16H17NO3/c1-4-20-16(19)15(11(2)18)13-9-10-17(3)14-8-6-5-7-12(13)14/h5-10H,4H2,1-3H3. The average Bonchev–Trinajstić information content (AvgIpc) is 2.42. The fraction of sp³-hybridized carbons (Fsp3) is 0.250. The summed E-state index contributed by atoms with van der Waals surface area (Å²) < 4.78 is 5.00. The molecule has 1 aromatic rings. The molecule has 1 aromatic carbocycles. The molecule has 104 valence electrons. The zero-order chi connectivity index (χ0) is 14.7. The van der Waals surface area contributed by atoms with Gasteiger partial charge in [0.05, 0.1) is 6.61 Å². The fourth-order valence-electron chi connectivity index (χ4n) is 2.23. The van der Waals surface area contributed by atoms with Crippen molar-refractivity contribution in [3.8, 4) is 0 Å². The summed E-state index contributed by atoms with van der Waals surface area (Å²) in [5.41, 5.74) is 2.53. The smallest absolute Gasteiger partial charge is 0.342 e. The van der Waals surface area contributed by atoms with Gasteiger partial charge in [-0.15, -0.1) is 0 Å². The molecule has 0 amide bonds. The van der Waals surface area contributed by atoms with Gasteiger partial charge < -0.3 is 9.64 Å². The normalized spacial score (nSPS) is 15.7. The highest BCUT2D eigenvalue weighted by Gasteiger charge is 2.24. The van der Waals surface area contributed by atoms with Crippen molar-refractivity contribution in [2.24, 2.45) is 0 Å². The first-order valence-electron chi connectivity index (χ1n) is 6.49. The van der Waals surface area contributed by atoms with E-state index in [9.17, 15) is 9.59 Å². The van der Waals surface area contributed by atoms with Crippen LogP contribution in [-0.4, -0.2) is 25.4 Å². The number of esters is 1.